The van der Waals surface area contributed by atoms with Crippen LogP contribution in [0.25, 0.3) is 0 Å². The van der Waals surface area contributed by atoms with Crippen molar-refractivity contribution in [1.29, 1.82) is 0 Å². The Labute approximate surface area is 128 Å². The van der Waals surface area contributed by atoms with Gasteiger partial charge in [0.1, 0.15) is 11.6 Å². The molecule has 0 amide bonds. The third-order valence-corrected chi connectivity index (χ3v) is 3.50. The van der Waals surface area contributed by atoms with Gasteiger partial charge in [-0.25, -0.2) is 0 Å². The monoisotopic (exact) mass is 289 g/mol. The van der Waals surface area contributed by atoms with Crippen molar-refractivity contribution in [3.05, 3.63) is 30.3 Å². The molecule has 1 aromatic carbocycles. The van der Waals surface area contributed by atoms with Crippen LogP contribution in [-0.2, 0) is 9.59 Å². The molecule has 0 radical (unpaired) electrons. The maximum Gasteiger partial charge on any atom is 0.134 e. The number of hydrogen-bond donors (Lipinski definition) is 0. The highest BCUT2D eigenvalue weighted by molar-refractivity contribution is 5.80. The van der Waals surface area contributed by atoms with Crippen LogP contribution in [0.4, 0.5) is 5.69 Å². The Morgan fingerprint density at radius 2 is 1.29 bits per heavy atom. The summed E-state index contributed by atoms with van der Waals surface area (Å²) in [6, 6.07) is 10.0. The third-order valence-electron chi connectivity index (χ3n) is 3.50. The number of carbonyl (C=O) groups is 2. The van der Waals surface area contributed by atoms with E-state index in [0.717, 1.165) is 18.5 Å². The van der Waals surface area contributed by atoms with Gasteiger partial charge < -0.3 is 4.90 Å². The van der Waals surface area contributed by atoms with Crippen LogP contribution in [0.2, 0.25) is 0 Å². The lowest BCUT2D eigenvalue weighted by molar-refractivity contribution is -0.119. The largest absolute Gasteiger partial charge is 0.371 e. The highest BCUT2D eigenvalue weighted by Crippen LogP contribution is 2.15. The summed E-state index contributed by atoms with van der Waals surface area (Å²) in [5, 5.41) is 0. The molecule has 3 nitrogen and oxygen atoms in total. The SMILES string of the molecule is CCCC(=O)CCN(CCC(=O)CCC)c1ccccc1. The average molecular weight is 289 g/mol. The van der Waals surface area contributed by atoms with Gasteiger partial charge in [-0.1, -0.05) is 32.0 Å². The molecule has 0 unspecified atom stereocenters. The molecule has 1 aromatic rings. The molecule has 0 aliphatic heterocycles. The van der Waals surface area contributed by atoms with Crippen LogP contribution >= 0.6 is 0 Å². The topological polar surface area (TPSA) is 37.4 Å². The molecule has 0 aromatic heterocycles. The molecule has 0 bridgehead atoms. The van der Waals surface area contributed by atoms with E-state index < -0.39 is 0 Å². The summed E-state index contributed by atoms with van der Waals surface area (Å²) < 4.78 is 0. The van der Waals surface area contributed by atoms with Crippen LogP contribution in [0.1, 0.15) is 52.4 Å². The van der Waals surface area contributed by atoms with Crippen molar-refractivity contribution < 1.29 is 9.59 Å². The van der Waals surface area contributed by atoms with Gasteiger partial charge in [0.25, 0.3) is 0 Å². The fourth-order valence-electron chi connectivity index (χ4n) is 2.34. The number of anilines is 1. The van der Waals surface area contributed by atoms with E-state index in [9.17, 15) is 9.59 Å². The molecule has 116 valence electrons. The third kappa shape index (κ3) is 7.07. The summed E-state index contributed by atoms with van der Waals surface area (Å²) in [6.07, 6.45) is 4.22. The molecule has 21 heavy (non-hydrogen) atoms. The first-order chi connectivity index (χ1) is 10.2. The van der Waals surface area contributed by atoms with Crippen molar-refractivity contribution in [2.24, 2.45) is 0 Å². The molecular weight excluding hydrogens is 262 g/mol. The second kappa shape index (κ2) is 10.1. The Morgan fingerprint density at radius 3 is 1.71 bits per heavy atom. The first-order valence-corrected chi connectivity index (χ1v) is 8.00. The van der Waals surface area contributed by atoms with Crippen LogP contribution in [0.15, 0.2) is 30.3 Å². The van der Waals surface area contributed by atoms with E-state index in [2.05, 4.69) is 4.90 Å². The summed E-state index contributed by atoms with van der Waals surface area (Å²) in [5.74, 6) is 0.608. The highest BCUT2D eigenvalue weighted by Gasteiger charge is 2.11. The summed E-state index contributed by atoms with van der Waals surface area (Å²) in [7, 11) is 0. The van der Waals surface area contributed by atoms with E-state index in [0.29, 0.717) is 50.3 Å². The van der Waals surface area contributed by atoms with E-state index >= 15 is 0 Å². The van der Waals surface area contributed by atoms with Gasteiger partial charge >= 0.3 is 0 Å². The smallest absolute Gasteiger partial charge is 0.134 e. The zero-order valence-electron chi connectivity index (χ0n) is 13.3. The molecule has 0 heterocycles. The van der Waals surface area contributed by atoms with Gasteiger partial charge in [-0.2, -0.15) is 0 Å². The Kier molecular flexibility index (Phi) is 8.41. The van der Waals surface area contributed by atoms with Crippen LogP contribution in [-0.4, -0.2) is 24.7 Å². The summed E-state index contributed by atoms with van der Waals surface area (Å²) in [4.78, 5) is 25.6. The predicted octanol–water partition coefficient (Wildman–Crippen LogP) is 4.01. The number of carbonyl (C=O) groups excluding carboxylic acids is 2. The number of para-hydroxylation sites is 1. The van der Waals surface area contributed by atoms with Gasteiger partial charge in [0.15, 0.2) is 0 Å². The maximum atomic E-state index is 11.7. The van der Waals surface area contributed by atoms with E-state index in [1.165, 1.54) is 0 Å². The van der Waals surface area contributed by atoms with Gasteiger partial charge in [0.2, 0.25) is 0 Å². The minimum Gasteiger partial charge on any atom is -0.371 e. The Bertz CT molecular complexity index is 406. The number of Topliss-reactive ketones (excluding diaryl/α,β-unsaturated/α-hetero) is 2. The van der Waals surface area contributed by atoms with Crippen molar-refractivity contribution in [3.8, 4) is 0 Å². The number of ketones is 2. The zero-order chi connectivity index (χ0) is 15.5. The van der Waals surface area contributed by atoms with Crippen LogP contribution in [0.3, 0.4) is 0 Å². The lowest BCUT2D eigenvalue weighted by Gasteiger charge is -2.24. The van der Waals surface area contributed by atoms with Gasteiger partial charge in [-0.05, 0) is 25.0 Å². The van der Waals surface area contributed by atoms with E-state index in [4.69, 9.17) is 0 Å². The number of hydrogen-bond acceptors (Lipinski definition) is 3. The standard InChI is InChI=1S/C18H27NO2/c1-3-8-17(20)12-14-19(15-13-18(21)9-4-2)16-10-6-5-7-11-16/h5-7,10-11H,3-4,8-9,12-15H2,1-2H3. The second-order valence-corrected chi connectivity index (χ2v) is 5.40. The number of rotatable bonds is 11. The van der Waals surface area contributed by atoms with Gasteiger partial charge in [-0.3, -0.25) is 9.59 Å². The van der Waals surface area contributed by atoms with Crippen molar-refractivity contribution in [2.75, 3.05) is 18.0 Å². The lowest BCUT2D eigenvalue weighted by Crippen LogP contribution is -2.28. The highest BCUT2D eigenvalue weighted by atomic mass is 16.1. The minimum atomic E-state index is 0.304. The molecule has 0 N–H and O–H groups in total. The normalized spacial score (nSPS) is 10.4. The van der Waals surface area contributed by atoms with E-state index in [1.807, 2.05) is 44.2 Å². The van der Waals surface area contributed by atoms with Gasteiger partial charge in [0, 0.05) is 44.5 Å². The van der Waals surface area contributed by atoms with Crippen molar-refractivity contribution in [1.82, 2.24) is 0 Å². The van der Waals surface area contributed by atoms with Gasteiger partial charge in [-0.15, -0.1) is 0 Å². The summed E-state index contributed by atoms with van der Waals surface area (Å²) >= 11 is 0. The second-order valence-electron chi connectivity index (χ2n) is 5.40. The van der Waals surface area contributed by atoms with Crippen molar-refractivity contribution in [2.45, 2.75) is 52.4 Å². The zero-order valence-corrected chi connectivity index (χ0v) is 13.3. The van der Waals surface area contributed by atoms with Crippen LogP contribution in [0.5, 0.6) is 0 Å². The molecule has 0 spiro atoms. The van der Waals surface area contributed by atoms with E-state index in [-0.39, 0.29) is 0 Å². The molecule has 0 aliphatic rings. The predicted molar refractivity (Wildman–Crippen MR) is 87.7 cm³/mol. The van der Waals surface area contributed by atoms with Crippen LogP contribution < -0.4 is 4.90 Å². The lowest BCUT2D eigenvalue weighted by atomic mass is 10.1. The maximum absolute atomic E-state index is 11.7. The Morgan fingerprint density at radius 1 is 0.810 bits per heavy atom. The Balaban J connectivity index is 2.58. The molecular formula is C18H27NO2. The molecule has 0 atom stereocenters. The fraction of sp³-hybridized carbons (Fsp3) is 0.556. The number of nitrogens with zero attached hydrogens (tertiary/aromatic N) is 1. The first-order valence-electron chi connectivity index (χ1n) is 8.00. The van der Waals surface area contributed by atoms with Crippen molar-refractivity contribution in [3.63, 3.8) is 0 Å². The minimum absolute atomic E-state index is 0.304. The molecule has 0 saturated carbocycles. The summed E-state index contributed by atoms with van der Waals surface area (Å²) in [6.45, 7) is 5.44. The molecule has 3 heteroatoms. The van der Waals surface area contributed by atoms with E-state index in [1.54, 1.807) is 0 Å². The fourth-order valence-corrected chi connectivity index (χ4v) is 2.34. The molecule has 1 rings (SSSR count). The quantitative estimate of drug-likeness (QED) is 0.617. The van der Waals surface area contributed by atoms with Crippen LogP contribution in [0, 0.1) is 0 Å². The molecule has 0 fully saturated rings. The van der Waals surface area contributed by atoms with Gasteiger partial charge in [0.05, 0.1) is 0 Å². The Hall–Kier alpha value is -1.64. The molecule has 0 saturated heterocycles. The summed E-state index contributed by atoms with van der Waals surface area (Å²) in [5.41, 5.74) is 1.09. The first kappa shape index (κ1) is 17.4. The number of benzene rings is 1. The van der Waals surface area contributed by atoms with Crippen molar-refractivity contribution >= 4 is 17.3 Å². The average Bonchev–Trinajstić information content (AvgIpc) is 2.49. The molecule has 0 aliphatic carbocycles.